The number of rotatable bonds is 8. The van der Waals surface area contributed by atoms with Crippen LogP contribution in [0.3, 0.4) is 0 Å². The first-order valence-electron chi connectivity index (χ1n) is 11.0. The number of hydrogen-bond acceptors (Lipinski definition) is 5. The molecule has 2 N–H and O–H groups in total. The highest BCUT2D eigenvalue weighted by atomic mass is 32.1. The van der Waals surface area contributed by atoms with Crippen LogP contribution < -0.4 is 15.4 Å². The minimum absolute atomic E-state index is 0.0170. The van der Waals surface area contributed by atoms with E-state index in [0.29, 0.717) is 37.2 Å². The van der Waals surface area contributed by atoms with Crippen LogP contribution in [-0.2, 0) is 4.79 Å². The maximum absolute atomic E-state index is 13.1. The second-order valence-corrected chi connectivity index (χ2v) is 9.05. The summed E-state index contributed by atoms with van der Waals surface area (Å²) < 4.78 is 5.15. The van der Waals surface area contributed by atoms with E-state index in [4.69, 9.17) is 4.74 Å². The van der Waals surface area contributed by atoms with E-state index in [1.54, 1.807) is 31.4 Å². The molecule has 8 heteroatoms. The summed E-state index contributed by atoms with van der Waals surface area (Å²) in [6, 6.07) is 9.86. The average Bonchev–Trinajstić information content (AvgIpc) is 3.37. The second kappa shape index (κ2) is 11.1. The van der Waals surface area contributed by atoms with E-state index in [-0.39, 0.29) is 29.7 Å². The van der Waals surface area contributed by atoms with E-state index < -0.39 is 6.04 Å². The summed E-state index contributed by atoms with van der Waals surface area (Å²) >= 11 is 1.43. The number of methoxy groups -OCH3 is 1. The summed E-state index contributed by atoms with van der Waals surface area (Å²) in [7, 11) is 1.57. The number of benzene rings is 1. The van der Waals surface area contributed by atoms with Crippen molar-refractivity contribution >= 4 is 29.1 Å². The highest BCUT2D eigenvalue weighted by Gasteiger charge is 2.34. The van der Waals surface area contributed by atoms with Crippen LogP contribution in [-0.4, -0.2) is 54.9 Å². The molecule has 0 spiro atoms. The number of nitrogens with one attached hydrogen (secondary N) is 2. The van der Waals surface area contributed by atoms with Crippen LogP contribution in [0.5, 0.6) is 5.75 Å². The van der Waals surface area contributed by atoms with Crippen molar-refractivity contribution < 1.29 is 19.1 Å². The minimum atomic E-state index is -0.655. The summed E-state index contributed by atoms with van der Waals surface area (Å²) in [4.78, 5) is 41.1. The molecule has 1 aliphatic rings. The molecule has 0 aliphatic carbocycles. The molecule has 3 amide bonds. The first-order chi connectivity index (χ1) is 15.4. The van der Waals surface area contributed by atoms with Crippen molar-refractivity contribution in [1.29, 1.82) is 0 Å². The second-order valence-electron chi connectivity index (χ2n) is 8.10. The fourth-order valence-corrected chi connectivity index (χ4v) is 4.48. The smallest absolute Gasteiger partial charge is 0.263 e. The Balaban J connectivity index is 1.69. The van der Waals surface area contributed by atoms with Crippen molar-refractivity contribution in [3.8, 4) is 5.75 Å². The number of likely N-dealkylation sites (tertiary alicyclic amines) is 1. The lowest BCUT2D eigenvalue weighted by atomic mass is 9.88. The molecule has 1 aromatic carbocycles. The lowest BCUT2D eigenvalue weighted by Crippen LogP contribution is -2.55. The van der Waals surface area contributed by atoms with Gasteiger partial charge in [0.2, 0.25) is 5.91 Å². The van der Waals surface area contributed by atoms with Gasteiger partial charge in [0.05, 0.1) is 12.0 Å². The number of nitrogens with zero attached hydrogens (tertiary/aromatic N) is 1. The van der Waals surface area contributed by atoms with Gasteiger partial charge in [-0.3, -0.25) is 14.4 Å². The quantitative estimate of drug-likeness (QED) is 0.637. The Bertz CT molecular complexity index is 906. The van der Waals surface area contributed by atoms with Crippen LogP contribution in [0, 0.1) is 5.92 Å². The van der Waals surface area contributed by atoms with Crippen LogP contribution in [0.2, 0.25) is 0 Å². The first-order valence-corrected chi connectivity index (χ1v) is 11.9. The number of hydrogen-bond donors (Lipinski definition) is 2. The van der Waals surface area contributed by atoms with Crippen molar-refractivity contribution in [2.24, 2.45) is 5.92 Å². The molecule has 1 fully saturated rings. The number of piperidine rings is 1. The topological polar surface area (TPSA) is 87.7 Å². The van der Waals surface area contributed by atoms with Gasteiger partial charge in [-0.15, -0.1) is 11.3 Å². The lowest BCUT2D eigenvalue weighted by Gasteiger charge is -2.36. The van der Waals surface area contributed by atoms with Crippen LogP contribution in [0.1, 0.15) is 53.1 Å². The van der Waals surface area contributed by atoms with Crippen LogP contribution in [0.4, 0.5) is 0 Å². The number of thiophene rings is 1. The molecule has 172 valence electrons. The predicted octanol–water partition coefficient (Wildman–Crippen LogP) is 3.32. The standard InChI is InChI=1S/C24H31N3O4S/c1-4-16(2)25-23(29)21(26-22(28)18-7-9-19(31-3)10-8-18)17-11-13-27(14-12-17)24(30)20-6-5-15-32-20/h5-10,15-17,21H,4,11-14H2,1-3H3,(H,25,29)(H,26,28). The Morgan fingerprint density at radius 3 is 2.38 bits per heavy atom. The molecule has 7 nitrogen and oxygen atoms in total. The fraction of sp³-hybridized carbons (Fsp3) is 0.458. The van der Waals surface area contributed by atoms with E-state index in [0.717, 1.165) is 11.3 Å². The van der Waals surface area contributed by atoms with E-state index in [9.17, 15) is 14.4 Å². The van der Waals surface area contributed by atoms with E-state index in [1.807, 2.05) is 36.3 Å². The number of amides is 3. The number of carbonyl (C=O) groups excluding carboxylic acids is 3. The van der Waals surface area contributed by atoms with Crippen molar-refractivity contribution in [3.63, 3.8) is 0 Å². The molecular formula is C24H31N3O4S. The van der Waals surface area contributed by atoms with Gasteiger partial charge in [-0.2, -0.15) is 0 Å². The molecule has 3 rings (SSSR count). The van der Waals surface area contributed by atoms with Crippen molar-refractivity contribution in [3.05, 3.63) is 52.2 Å². The molecule has 1 aliphatic heterocycles. The molecule has 2 aromatic rings. The van der Waals surface area contributed by atoms with Gasteiger partial charge >= 0.3 is 0 Å². The third kappa shape index (κ3) is 5.88. The van der Waals surface area contributed by atoms with E-state index in [1.165, 1.54) is 11.3 Å². The number of ether oxygens (including phenoxy) is 1. The summed E-state index contributed by atoms with van der Waals surface area (Å²) in [6.45, 7) is 5.08. The molecule has 0 bridgehead atoms. The highest BCUT2D eigenvalue weighted by Crippen LogP contribution is 2.24. The third-order valence-electron chi connectivity index (χ3n) is 5.95. The maximum atomic E-state index is 13.1. The molecule has 32 heavy (non-hydrogen) atoms. The molecular weight excluding hydrogens is 426 g/mol. The normalized spacial score (nSPS) is 16.2. The van der Waals surface area contributed by atoms with E-state index >= 15 is 0 Å². The summed E-state index contributed by atoms with van der Waals surface area (Å²) in [6.07, 6.45) is 2.11. The summed E-state index contributed by atoms with van der Waals surface area (Å²) in [5, 5.41) is 7.85. The molecule has 1 saturated heterocycles. The van der Waals surface area contributed by atoms with Crippen molar-refractivity contribution in [2.45, 2.75) is 45.2 Å². The van der Waals surface area contributed by atoms with Gasteiger partial charge in [0.15, 0.2) is 0 Å². The molecule has 1 aromatic heterocycles. The zero-order valence-electron chi connectivity index (χ0n) is 18.8. The minimum Gasteiger partial charge on any atom is -0.497 e. The van der Waals surface area contributed by atoms with Gasteiger partial charge in [-0.25, -0.2) is 0 Å². The Hall–Kier alpha value is -2.87. The zero-order valence-corrected chi connectivity index (χ0v) is 19.6. The Kier molecular flexibility index (Phi) is 8.27. The van der Waals surface area contributed by atoms with E-state index in [2.05, 4.69) is 10.6 Å². The Labute approximate surface area is 193 Å². The molecule has 0 radical (unpaired) electrons. The average molecular weight is 458 g/mol. The Morgan fingerprint density at radius 1 is 1.12 bits per heavy atom. The first kappa shape index (κ1) is 23.8. The molecule has 2 atom stereocenters. The van der Waals surface area contributed by atoms with Gasteiger partial charge in [0, 0.05) is 24.7 Å². The lowest BCUT2D eigenvalue weighted by molar-refractivity contribution is -0.125. The van der Waals surface area contributed by atoms with Crippen LogP contribution in [0.15, 0.2) is 41.8 Å². The highest BCUT2D eigenvalue weighted by molar-refractivity contribution is 7.12. The van der Waals surface area contributed by atoms with Crippen molar-refractivity contribution in [1.82, 2.24) is 15.5 Å². The SMILES string of the molecule is CCC(C)NC(=O)C(NC(=O)c1ccc(OC)cc1)C1CCN(C(=O)c2cccs2)CC1. The van der Waals surface area contributed by atoms with Gasteiger partial charge < -0.3 is 20.3 Å². The van der Waals surface area contributed by atoms with Gasteiger partial charge in [-0.1, -0.05) is 13.0 Å². The summed E-state index contributed by atoms with van der Waals surface area (Å²) in [5.74, 6) is 0.170. The Morgan fingerprint density at radius 2 is 1.81 bits per heavy atom. The largest absolute Gasteiger partial charge is 0.497 e. The maximum Gasteiger partial charge on any atom is 0.263 e. The van der Waals surface area contributed by atoms with Crippen LogP contribution in [0.25, 0.3) is 0 Å². The summed E-state index contributed by atoms with van der Waals surface area (Å²) in [5.41, 5.74) is 0.470. The van der Waals surface area contributed by atoms with Crippen molar-refractivity contribution in [2.75, 3.05) is 20.2 Å². The number of carbonyl (C=O) groups is 3. The molecule has 2 heterocycles. The molecule has 0 saturated carbocycles. The third-order valence-corrected chi connectivity index (χ3v) is 6.81. The van der Waals surface area contributed by atoms with Gasteiger partial charge in [-0.05, 0) is 67.8 Å². The predicted molar refractivity (Wildman–Crippen MR) is 125 cm³/mol. The van der Waals surface area contributed by atoms with Gasteiger partial charge in [0.25, 0.3) is 11.8 Å². The fourth-order valence-electron chi connectivity index (χ4n) is 3.79. The van der Waals surface area contributed by atoms with Gasteiger partial charge in [0.1, 0.15) is 11.8 Å². The molecule has 2 unspecified atom stereocenters. The van der Waals surface area contributed by atoms with Crippen LogP contribution >= 0.6 is 11.3 Å². The monoisotopic (exact) mass is 457 g/mol. The zero-order chi connectivity index (χ0) is 23.1.